The molecule has 1 aromatic carbocycles. The first kappa shape index (κ1) is 10.7. The summed E-state index contributed by atoms with van der Waals surface area (Å²) in [6, 6.07) is 10.4. The SMILES string of the molecule is CC1C=CC=C(/C=C/c2ccccc2)C=C1. The van der Waals surface area contributed by atoms with Crippen LogP contribution in [0, 0.1) is 5.92 Å². The van der Waals surface area contributed by atoms with E-state index in [1.807, 2.05) is 6.07 Å². The first-order valence-electron chi connectivity index (χ1n) is 5.64. The molecule has 0 aliphatic heterocycles. The Hall–Kier alpha value is -1.82. The summed E-state index contributed by atoms with van der Waals surface area (Å²) in [4.78, 5) is 0. The summed E-state index contributed by atoms with van der Waals surface area (Å²) >= 11 is 0. The first-order valence-corrected chi connectivity index (χ1v) is 5.64. The quantitative estimate of drug-likeness (QED) is 0.676. The zero-order chi connectivity index (χ0) is 11.2. The van der Waals surface area contributed by atoms with Crippen LogP contribution in [0.4, 0.5) is 0 Å². The van der Waals surface area contributed by atoms with Gasteiger partial charge in [0.25, 0.3) is 0 Å². The first-order chi connectivity index (χ1) is 7.84. The lowest BCUT2D eigenvalue weighted by Crippen LogP contribution is -1.78. The third-order valence-electron chi connectivity index (χ3n) is 2.56. The number of allylic oxidation sites excluding steroid dienone is 7. The van der Waals surface area contributed by atoms with Crippen molar-refractivity contribution in [3.8, 4) is 0 Å². The van der Waals surface area contributed by atoms with Gasteiger partial charge in [-0.1, -0.05) is 79.8 Å². The molecule has 1 aliphatic carbocycles. The fourth-order valence-corrected chi connectivity index (χ4v) is 1.59. The van der Waals surface area contributed by atoms with Crippen LogP contribution in [-0.4, -0.2) is 0 Å². The zero-order valence-electron chi connectivity index (χ0n) is 9.51. The predicted octanol–water partition coefficient (Wildman–Crippen LogP) is 4.39. The molecule has 0 nitrogen and oxygen atoms in total. The summed E-state index contributed by atoms with van der Waals surface area (Å²) in [6.07, 6.45) is 15.1. The Bertz CT molecular complexity index is 444. The Labute approximate surface area is 97.3 Å². The van der Waals surface area contributed by atoms with Crippen molar-refractivity contribution < 1.29 is 0 Å². The lowest BCUT2D eigenvalue weighted by Gasteiger charge is -1.94. The van der Waals surface area contributed by atoms with E-state index >= 15 is 0 Å². The third kappa shape index (κ3) is 3.09. The normalized spacial score (nSPS) is 19.8. The summed E-state index contributed by atoms with van der Waals surface area (Å²) in [5.41, 5.74) is 2.47. The van der Waals surface area contributed by atoms with E-state index in [-0.39, 0.29) is 0 Å². The molecule has 1 aliphatic rings. The Morgan fingerprint density at radius 2 is 1.81 bits per heavy atom. The minimum Gasteiger partial charge on any atom is -0.0779 e. The van der Waals surface area contributed by atoms with Gasteiger partial charge in [-0.2, -0.15) is 0 Å². The van der Waals surface area contributed by atoms with E-state index in [0.29, 0.717) is 5.92 Å². The molecule has 1 unspecified atom stereocenters. The van der Waals surface area contributed by atoms with Crippen molar-refractivity contribution in [3.63, 3.8) is 0 Å². The molecular formula is C16H16. The van der Waals surface area contributed by atoms with Crippen LogP contribution in [0.1, 0.15) is 12.5 Å². The molecule has 1 aromatic rings. The molecule has 0 saturated carbocycles. The average molecular weight is 208 g/mol. The molecule has 80 valence electrons. The van der Waals surface area contributed by atoms with Gasteiger partial charge in [0, 0.05) is 0 Å². The van der Waals surface area contributed by atoms with Crippen molar-refractivity contribution >= 4 is 6.08 Å². The number of rotatable bonds is 2. The molecular weight excluding hydrogens is 192 g/mol. The molecule has 0 radical (unpaired) electrons. The standard InChI is InChI=1S/C16H16/c1-14-6-5-9-16(11-10-14)13-12-15-7-3-2-4-8-15/h2-14H,1H3/b13-12+. The van der Waals surface area contributed by atoms with Crippen molar-refractivity contribution in [2.75, 3.05) is 0 Å². The molecule has 1 atom stereocenters. The minimum atomic E-state index is 0.527. The molecule has 0 heteroatoms. The van der Waals surface area contributed by atoms with Crippen LogP contribution >= 0.6 is 0 Å². The van der Waals surface area contributed by atoms with Crippen molar-refractivity contribution in [1.82, 2.24) is 0 Å². The molecule has 0 aromatic heterocycles. The van der Waals surface area contributed by atoms with Crippen LogP contribution in [0.25, 0.3) is 6.08 Å². The van der Waals surface area contributed by atoms with Crippen molar-refractivity contribution in [1.29, 1.82) is 0 Å². The summed E-state index contributed by atoms with van der Waals surface area (Å²) in [5.74, 6) is 0.527. The highest BCUT2D eigenvalue weighted by atomic mass is 14.0. The smallest absolute Gasteiger partial charge is 0.00754 e. The molecule has 0 spiro atoms. The summed E-state index contributed by atoms with van der Waals surface area (Å²) < 4.78 is 0. The van der Waals surface area contributed by atoms with Gasteiger partial charge >= 0.3 is 0 Å². The van der Waals surface area contributed by atoms with Gasteiger partial charge in [0.05, 0.1) is 0 Å². The summed E-state index contributed by atoms with van der Waals surface area (Å²) in [7, 11) is 0. The average Bonchev–Trinajstić information content (AvgIpc) is 2.53. The number of hydrogen-bond donors (Lipinski definition) is 0. The van der Waals surface area contributed by atoms with Crippen LogP contribution in [0.5, 0.6) is 0 Å². The van der Waals surface area contributed by atoms with Crippen LogP contribution in [0.3, 0.4) is 0 Å². The monoisotopic (exact) mass is 208 g/mol. The summed E-state index contributed by atoms with van der Waals surface area (Å²) in [6.45, 7) is 2.19. The molecule has 0 fully saturated rings. The predicted molar refractivity (Wildman–Crippen MR) is 71.0 cm³/mol. The van der Waals surface area contributed by atoms with Gasteiger partial charge in [-0.05, 0) is 17.1 Å². The lowest BCUT2D eigenvalue weighted by molar-refractivity contribution is 0.942. The van der Waals surface area contributed by atoms with Gasteiger partial charge in [-0.25, -0.2) is 0 Å². The number of benzene rings is 1. The Kier molecular flexibility index (Phi) is 3.55. The van der Waals surface area contributed by atoms with Gasteiger partial charge in [0.1, 0.15) is 0 Å². The maximum absolute atomic E-state index is 2.21. The second-order valence-corrected chi connectivity index (χ2v) is 4.01. The maximum Gasteiger partial charge on any atom is -0.00754 e. The van der Waals surface area contributed by atoms with Gasteiger partial charge < -0.3 is 0 Å². The van der Waals surface area contributed by atoms with Crippen molar-refractivity contribution in [3.05, 3.63) is 77.9 Å². The van der Waals surface area contributed by atoms with E-state index in [2.05, 4.69) is 73.7 Å². The van der Waals surface area contributed by atoms with E-state index in [9.17, 15) is 0 Å². The third-order valence-corrected chi connectivity index (χ3v) is 2.56. The largest absolute Gasteiger partial charge is 0.0779 e. The van der Waals surface area contributed by atoms with Crippen LogP contribution in [0.2, 0.25) is 0 Å². The second-order valence-electron chi connectivity index (χ2n) is 4.01. The van der Waals surface area contributed by atoms with Crippen molar-refractivity contribution in [2.45, 2.75) is 6.92 Å². The van der Waals surface area contributed by atoms with Crippen molar-refractivity contribution in [2.24, 2.45) is 5.92 Å². The molecule has 2 rings (SSSR count). The maximum atomic E-state index is 2.21. The number of hydrogen-bond acceptors (Lipinski definition) is 0. The topological polar surface area (TPSA) is 0 Å². The Morgan fingerprint density at radius 1 is 1.00 bits per heavy atom. The molecule has 0 heterocycles. The van der Waals surface area contributed by atoms with Crippen LogP contribution < -0.4 is 0 Å². The fraction of sp³-hybridized carbons (Fsp3) is 0.125. The summed E-state index contributed by atoms with van der Waals surface area (Å²) in [5, 5.41) is 0. The van der Waals surface area contributed by atoms with E-state index in [0.717, 1.165) is 0 Å². The second kappa shape index (κ2) is 5.32. The molecule has 0 N–H and O–H groups in total. The minimum absolute atomic E-state index is 0.527. The van der Waals surface area contributed by atoms with Gasteiger partial charge in [-0.3, -0.25) is 0 Å². The van der Waals surface area contributed by atoms with Crippen LogP contribution in [-0.2, 0) is 0 Å². The zero-order valence-corrected chi connectivity index (χ0v) is 9.51. The Balaban J connectivity index is 2.11. The van der Waals surface area contributed by atoms with Gasteiger partial charge in [-0.15, -0.1) is 0 Å². The molecule has 0 saturated heterocycles. The van der Waals surface area contributed by atoms with Gasteiger partial charge in [0.15, 0.2) is 0 Å². The van der Waals surface area contributed by atoms with E-state index in [4.69, 9.17) is 0 Å². The highest BCUT2D eigenvalue weighted by molar-refractivity contribution is 5.55. The Morgan fingerprint density at radius 3 is 2.62 bits per heavy atom. The highest BCUT2D eigenvalue weighted by Crippen LogP contribution is 2.12. The van der Waals surface area contributed by atoms with E-state index in [1.54, 1.807) is 0 Å². The van der Waals surface area contributed by atoms with Crippen LogP contribution in [0.15, 0.2) is 72.4 Å². The highest BCUT2D eigenvalue weighted by Gasteiger charge is 1.94. The lowest BCUT2D eigenvalue weighted by atomic mass is 10.1. The molecule has 0 amide bonds. The molecule has 16 heavy (non-hydrogen) atoms. The fourth-order valence-electron chi connectivity index (χ4n) is 1.59. The molecule has 0 bridgehead atoms. The van der Waals surface area contributed by atoms with E-state index in [1.165, 1.54) is 11.1 Å². The van der Waals surface area contributed by atoms with E-state index < -0.39 is 0 Å². The van der Waals surface area contributed by atoms with Gasteiger partial charge in [0.2, 0.25) is 0 Å².